The van der Waals surface area contributed by atoms with Gasteiger partial charge in [0.05, 0.1) is 17.2 Å². The van der Waals surface area contributed by atoms with Gasteiger partial charge in [0.25, 0.3) is 0 Å². The van der Waals surface area contributed by atoms with Crippen LogP contribution in [0.5, 0.6) is 0 Å². The second-order valence-corrected chi connectivity index (χ2v) is 7.09. The number of hydrogen-bond acceptors (Lipinski definition) is 3. The van der Waals surface area contributed by atoms with Crippen LogP contribution >= 0.6 is 23.2 Å². The van der Waals surface area contributed by atoms with Crippen LogP contribution in [0.25, 0.3) is 0 Å². The summed E-state index contributed by atoms with van der Waals surface area (Å²) in [6, 6.07) is 4.83. The van der Waals surface area contributed by atoms with Gasteiger partial charge in [0.2, 0.25) is 5.91 Å². The molecule has 0 spiro atoms. The minimum atomic E-state index is -0.608. The number of ether oxygens (including phenoxy) is 1. The summed E-state index contributed by atoms with van der Waals surface area (Å²) in [5.41, 5.74) is 0.887. The largest absolute Gasteiger partial charge is 0.467 e. The van der Waals surface area contributed by atoms with Gasteiger partial charge < -0.3 is 10.1 Å². The van der Waals surface area contributed by atoms with Gasteiger partial charge in [0.15, 0.2) is 0 Å². The number of esters is 1. The van der Waals surface area contributed by atoms with Crippen molar-refractivity contribution in [1.29, 1.82) is 0 Å². The van der Waals surface area contributed by atoms with Crippen molar-refractivity contribution < 1.29 is 14.3 Å². The van der Waals surface area contributed by atoms with Crippen LogP contribution in [0.15, 0.2) is 18.2 Å². The van der Waals surface area contributed by atoms with Crippen LogP contribution in [-0.2, 0) is 14.3 Å². The summed E-state index contributed by atoms with van der Waals surface area (Å²) in [6.07, 6.45) is 1.26. The molecule has 6 heteroatoms. The molecule has 1 aromatic carbocycles. The first-order valence-electron chi connectivity index (χ1n) is 7.67. The Hall–Kier alpha value is -1.26. The number of rotatable bonds is 6. The van der Waals surface area contributed by atoms with Crippen LogP contribution in [0.4, 0.5) is 0 Å². The average molecular weight is 358 g/mol. The third-order valence-corrected chi connectivity index (χ3v) is 4.85. The fourth-order valence-electron chi connectivity index (χ4n) is 2.74. The molecule has 0 bridgehead atoms. The SMILES string of the molecule is COC(=O)C(CC(C)C)NC(=O)C1CC1c1cccc(Cl)c1Cl. The van der Waals surface area contributed by atoms with Crippen LogP contribution in [0.3, 0.4) is 0 Å². The molecule has 1 aliphatic carbocycles. The van der Waals surface area contributed by atoms with E-state index in [1.807, 2.05) is 26.0 Å². The standard InChI is InChI=1S/C17H21Cl2NO3/c1-9(2)7-14(17(22)23-3)20-16(21)12-8-11(12)10-5-4-6-13(18)15(10)19/h4-6,9,11-12,14H,7-8H2,1-3H3,(H,20,21). The van der Waals surface area contributed by atoms with Crippen molar-refractivity contribution in [2.24, 2.45) is 11.8 Å². The second-order valence-electron chi connectivity index (χ2n) is 6.31. The molecule has 2 rings (SSSR count). The number of hydrogen-bond donors (Lipinski definition) is 1. The molecule has 1 N–H and O–H groups in total. The lowest BCUT2D eigenvalue weighted by atomic mass is 10.0. The summed E-state index contributed by atoms with van der Waals surface area (Å²) in [7, 11) is 1.33. The Morgan fingerprint density at radius 2 is 2.04 bits per heavy atom. The molecule has 1 amide bonds. The summed E-state index contributed by atoms with van der Waals surface area (Å²) in [4.78, 5) is 24.2. The lowest BCUT2D eigenvalue weighted by Crippen LogP contribution is -2.43. The van der Waals surface area contributed by atoms with Crippen molar-refractivity contribution in [1.82, 2.24) is 5.32 Å². The summed E-state index contributed by atoms with van der Waals surface area (Å²) >= 11 is 12.2. The number of amides is 1. The quantitative estimate of drug-likeness (QED) is 0.787. The highest BCUT2D eigenvalue weighted by molar-refractivity contribution is 6.42. The maximum Gasteiger partial charge on any atom is 0.328 e. The monoisotopic (exact) mass is 357 g/mol. The average Bonchev–Trinajstić information content (AvgIpc) is 3.28. The van der Waals surface area contributed by atoms with Crippen LogP contribution in [-0.4, -0.2) is 25.0 Å². The second kappa shape index (κ2) is 7.54. The molecule has 1 aromatic rings. The zero-order chi connectivity index (χ0) is 17.1. The highest BCUT2D eigenvalue weighted by Gasteiger charge is 2.46. The molecule has 0 aromatic heterocycles. The maximum atomic E-state index is 12.4. The first-order chi connectivity index (χ1) is 10.8. The predicted molar refractivity (Wildman–Crippen MR) is 90.7 cm³/mol. The van der Waals surface area contributed by atoms with Crippen molar-refractivity contribution in [2.45, 2.75) is 38.6 Å². The van der Waals surface area contributed by atoms with E-state index in [0.717, 1.165) is 5.56 Å². The molecular formula is C17H21Cl2NO3. The lowest BCUT2D eigenvalue weighted by molar-refractivity contribution is -0.145. The van der Waals surface area contributed by atoms with Crippen LogP contribution in [0.2, 0.25) is 10.0 Å². The smallest absolute Gasteiger partial charge is 0.328 e. The molecule has 1 aliphatic rings. The zero-order valence-corrected chi connectivity index (χ0v) is 14.9. The maximum absolute atomic E-state index is 12.4. The highest BCUT2D eigenvalue weighted by Crippen LogP contribution is 2.50. The normalized spacial score (nSPS) is 21.0. The number of carbonyl (C=O) groups is 2. The van der Waals surface area contributed by atoms with Crippen molar-refractivity contribution in [2.75, 3.05) is 7.11 Å². The van der Waals surface area contributed by atoms with E-state index in [1.54, 1.807) is 6.07 Å². The topological polar surface area (TPSA) is 55.4 Å². The fourth-order valence-corrected chi connectivity index (χ4v) is 3.19. The number of halogens is 2. The minimum absolute atomic E-state index is 0.0542. The van der Waals surface area contributed by atoms with Gasteiger partial charge in [-0.2, -0.15) is 0 Å². The van der Waals surface area contributed by atoms with E-state index in [4.69, 9.17) is 27.9 Å². The van der Waals surface area contributed by atoms with Gasteiger partial charge in [0, 0.05) is 5.92 Å². The van der Waals surface area contributed by atoms with Crippen LogP contribution in [0, 0.1) is 11.8 Å². The molecule has 3 atom stereocenters. The Balaban J connectivity index is 2.02. The van der Waals surface area contributed by atoms with Crippen molar-refractivity contribution in [3.63, 3.8) is 0 Å². The Morgan fingerprint density at radius 1 is 1.35 bits per heavy atom. The third kappa shape index (κ3) is 4.39. The van der Waals surface area contributed by atoms with Gasteiger partial charge in [-0.1, -0.05) is 49.2 Å². The van der Waals surface area contributed by atoms with Crippen LogP contribution < -0.4 is 5.32 Å². The molecule has 0 radical (unpaired) electrons. The van der Waals surface area contributed by atoms with Gasteiger partial charge in [-0.3, -0.25) is 4.79 Å². The fraction of sp³-hybridized carbons (Fsp3) is 0.529. The molecule has 3 unspecified atom stereocenters. The van der Waals surface area contributed by atoms with E-state index in [2.05, 4.69) is 5.32 Å². The van der Waals surface area contributed by atoms with E-state index >= 15 is 0 Å². The molecule has 0 heterocycles. The van der Waals surface area contributed by atoms with Gasteiger partial charge in [-0.05, 0) is 36.3 Å². The Labute approximate surface area is 146 Å². The summed E-state index contributed by atoms with van der Waals surface area (Å²) in [5, 5.41) is 3.79. The predicted octanol–water partition coefficient (Wildman–Crippen LogP) is 3.80. The molecule has 23 heavy (non-hydrogen) atoms. The summed E-state index contributed by atoms with van der Waals surface area (Å²) in [5.74, 6) is -0.396. The van der Waals surface area contributed by atoms with E-state index < -0.39 is 12.0 Å². The third-order valence-electron chi connectivity index (χ3n) is 4.02. The van der Waals surface area contributed by atoms with Gasteiger partial charge >= 0.3 is 5.97 Å². The van der Waals surface area contributed by atoms with Gasteiger partial charge in [0.1, 0.15) is 6.04 Å². The summed E-state index contributed by atoms with van der Waals surface area (Å²) < 4.78 is 4.77. The number of carbonyl (C=O) groups excluding carboxylic acids is 2. The van der Waals surface area contributed by atoms with Gasteiger partial charge in [-0.25, -0.2) is 4.79 Å². The lowest BCUT2D eigenvalue weighted by Gasteiger charge is -2.18. The molecule has 4 nitrogen and oxygen atoms in total. The van der Waals surface area contributed by atoms with Crippen LogP contribution in [0.1, 0.15) is 38.2 Å². The van der Waals surface area contributed by atoms with Crippen molar-refractivity contribution in [3.8, 4) is 0 Å². The van der Waals surface area contributed by atoms with E-state index in [-0.39, 0.29) is 23.7 Å². The van der Waals surface area contributed by atoms with E-state index in [1.165, 1.54) is 7.11 Å². The first-order valence-corrected chi connectivity index (χ1v) is 8.42. The van der Waals surface area contributed by atoms with Gasteiger partial charge in [-0.15, -0.1) is 0 Å². The molecule has 1 fully saturated rings. The highest BCUT2D eigenvalue weighted by atomic mass is 35.5. The number of benzene rings is 1. The molecular weight excluding hydrogens is 337 g/mol. The zero-order valence-electron chi connectivity index (χ0n) is 13.4. The Bertz CT molecular complexity index is 604. The minimum Gasteiger partial charge on any atom is -0.467 e. The first kappa shape index (κ1) is 18.1. The number of methoxy groups -OCH3 is 1. The Kier molecular flexibility index (Phi) is 5.93. The summed E-state index contributed by atoms with van der Waals surface area (Å²) in [6.45, 7) is 3.99. The molecule has 126 valence electrons. The van der Waals surface area contributed by atoms with Crippen molar-refractivity contribution in [3.05, 3.63) is 33.8 Å². The molecule has 1 saturated carbocycles. The molecule has 0 saturated heterocycles. The number of nitrogens with one attached hydrogen (secondary N) is 1. The van der Waals surface area contributed by atoms with E-state index in [9.17, 15) is 9.59 Å². The Morgan fingerprint density at radius 3 is 2.65 bits per heavy atom. The molecule has 0 aliphatic heterocycles. The van der Waals surface area contributed by atoms with Crippen molar-refractivity contribution >= 4 is 35.1 Å². The van der Waals surface area contributed by atoms with E-state index in [0.29, 0.717) is 22.9 Å².